The highest BCUT2D eigenvalue weighted by molar-refractivity contribution is 6.04. The third-order valence-corrected chi connectivity index (χ3v) is 8.17. The van der Waals surface area contributed by atoms with Crippen LogP contribution in [0, 0.1) is 0 Å². The van der Waals surface area contributed by atoms with Gasteiger partial charge in [0, 0.05) is 34.6 Å². The fourth-order valence-electron chi connectivity index (χ4n) is 5.96. The van der Waals surface area contributed by atoms with E-state index in [0.29, 0.717) is 5.82 Å². The summed E-state index contributed by atoms with van der Waals surface area (Å²) in [6, 6.07) is 53.1. The Bertz CT molecular complexity index is 2260. The molecule has 0 N–H and O–H groups in total. The molecule has 3 heteroatoms. The molecule has 0 bridgehead atoms. The molecule has 8 aromatic rings. The summed E-state index contributed by atoms with van der Waals surface area (Å²) in [6.45, 7) is 0. The first-order valence-corrected chi connectivity index (χ1v) is 14.8. The van der Waals surface area contributed by atoms with E-state index in [2.05, 4.69) is 145 Å². The van der Waals surface area contributed by atoms with Gasteiger partial charge >= 0.3 is 0 Å². The Kier molecular flexibility index (Phi) is 6.47. The molecule has 206 valence electrons. The van der Waals surface area contributed by atoms with Gasteiger partial charge in [0.2, 0.25) is 0 Å². The van der Waals surface area contributed by atoms with Crippen LogP contribution in [0.5, 0.6) is 0 Å². The van der Waals surface area contributed by atoms with E-state index in [4.69, 9.17) is 9.97 Å². The molecule has 2 aromatic heterocycles. The van der Waals surface area contributed by atoms with E-state index < -0.39 is 0 Å². The molecule has 0 fully saturated rings. The van der Waals surface area contributed by atoms with E-state index in [1.54, 1.807) is 6.20 Å². The molecule has 0 amide bonds. The van der Waals surface area contributed by atoms with Crippen LogP contribution >= 0.6 is 0 Å². The quantitative estimate of drug-likeness (QED) is 0.210. The Morgan fingerprint density at radius 3 is 1.68 bits per heavy atom. The van der Waals surface area contributed by atoms with E-state index in [0.717, 1.165) is 50.0 Å². The average molecular weight is 562 g/mol. The predicted octanol–water partition coefficient (Wildman–Crippen LogP) is 10.5. The summed E-state index contributed by atoms with van der Waals surface area (Å²) >= 11 is 0. The highest BCUT2D eigenvalue weighted by Gasteiger charge is 2.15. The maximum atomic E-state index is 5.20. The van der Waals surface area contributed by atoms with Gasteiger partial charge in [0.25, 0.3) is 0 Å². The number of hydrogen-bond donors (Lipinski definition) is 0. The highest BCUT2D eigenvalue weighted by Crippen LogP contribution is 2.37. The minimum Gasteiger partial charge on any atom is -0.264 e. The molecule has 0 unspecified atom stereocenters. The molecular weight excluding hydrogens is 534 g/mol. The van der Waals surface area contributed by atoms with Crippen molar-refractivity contribution in [1.29, 1.82) is 0 Å². The molecule has 3 nitrogen and oxygen atoms in total. The second-order valence-corrected chi connectivity index (χ2v) is 10.9. The summed E-state index contributed by atoms with van der Waals surface area (Å²) in [6.07, 6.45) is 3.70. The number of fused-ring (bicyclic) bond motifs is 2. The summed E-state index contributed by atoms with van der Waals surface area (Å²) in [5.74, 6) is 0.704. The van der Waals surface area contributed by atoms with Crippen LogP contribution in [-0.4, -0.2) is 15.0 Å². The van der Waals surface area contributed by atoms with E-state index in [1.807, 2.05) is 18.3 Å². The zero-order valence-corrected chi connectivity index (χ0v) is 23.9. The van der Waals surface area contributed by atoms with Gasteiger partial charge in [0.15, 0.2) is 5.82 Å². The highest BCUT2D eigenvalue weighted by atomic mass is 14.9. The first kappa shape index (κ1) is 25.8. The zero-order chi connectivity index (χ0) is 29.3. The van der Waals surface area contributed by atoms with Gasteiger partial charge in [-0.05, 0) is 62.5 Å². The third kappa shape index (κ3) is 4.81. The molecule has 0 radical (unpaired) electrons. The van der Waals surface area contributed by atoms with Gasteiger partial charge in [0.1, 0.15) is 0 Å². The lowest BCUT2D eigenvalue weighted by molar-refractivity contribution is 1.19. The Hall–Kier alpha value is -5.93. The van der Waals surface area contributed by atoms with Crippen LogP contribution in [0.4, 0.5) is 0 Å². The summed E-state index contributed by atoms with van der Waals surface area (Å²) in [5, 5.41) is 4.67. The summed E-state index contributed by atoms with van der Waals surface area (Å²) in [4.78, 5) is 14.6. The number of benzene rings is 6. The standard InChI is InChI=1S/C41H27N3/c1-3-10-28(11-4-1)35-21-22-38(37-16-8-7-15-36(35)37)40-26-39(29-12-5-2-6-13-29)43-41(44-40)33-20-19-30-24-32(18-17-31(30)25-33)34-14-9-23-42-27-34/h1-27H. The van der Waals surface area contributed by atoms with Crippen molar-refractivity contribution < 1.29 is 0 Å². The van der Waals surface area contributed by atoms with Crippen LogP contribution in [0.25, 0.3) is 77.7 Å². The van der Waals surface area contributed by atoms with Crippen molar-refractivity contribution >= 4 is 21.5 Å². The van der Waals surface area contributed by atoms with Crippen LogP contribution in [0.2, 0.25) is 0 Å². The molecule has 6 aromatic carbocycles. The smallest absolute Gasteiger partial charge is 0.160 e. The van der Waals surface area contributed by atoms with Crippen molar-refractivity contribution in [3.63, 3.8) is 0 Å². The molecule has 0 atom stereocenters. The van der Waals surface area contributed by atoms with Crippen molar-refractivity contribution in [3.05, 3.63) is 164 Å². The Morgan fingerprint density at radius 2 is 0.955 bits per heavy atom. The Labute approximate surface area is 256 Å². The van der Waals surface area contributed by atoms with Crippen LogP contribution < -0.4 is 0 Å². The van der Waals surface area contributed by atoms with Crippen molar-refractivity contribution in [3.8, 4) is 56.2 Å². The second kappa shape index (κ2) is 11.0. The molecule has 0 spiro atoms. The molecule has 44 heavy (non-hydrogen) atoms. The van der Waals surface area contributed by atoms with E-state index >= 15 is 0 Å². The molecule has 2 heterocycles. The lowest BCUT2D eigenvalue weighted by atomic mass is 9.93. The van der Waals surface area contributed by atoms with Crippen molar-refractivity contribution in [2.75, 3.05) is 0 Å². The molecule has 0 aliphatic heterocycles. The minimum absolute atomic E-state index is 0.704. The zero-order valence-electron chi connectivity index (χ0n) is 23.9. The number of aromatic nitrogens is 3. The number of hydrogen-bond acceptors (Lipinski definition) is 3. The topological polar surface area (TPSA) is 38.7 Å². The lowest BCUT2D eigenvalue weighted by Crippen LogP contribution is -1.97. The lowest BCUT2D eigenvalue weighted by Gasteiger charge is -2.14. The Morgan fingerprint density at radius 1 is 0.364 bits per heavy atom. The van der Waals surface area contributed by atoms with Crippen molar-refractivity contribution in [1.82, 2.24) is 15.0 Å². The minimum atomic E-state index is 0.704. The summed E-state index contributed by atoms with van der Waals surface area (Å²) in [5.41, 5.74) is 9.59. The maximum Gasteiger partial charge on any atom is 0.160 e. The summed E-state index contributed by atoms with van der Waals surface area (Å²) in [7, 11) is 0. The first-order valence-electron chi connectivity index (χ1n) is 14.8. The van der Waals surface area contributed by atoms with Crippen LogP contribution in [0.3, 0.4) is 0 Å². The number of pyridine rings is 1. The largest absolute Gasteiger partial charge is 0.264 e. The van der Waals surface area contributed by atoms with Gasteiger partial charge in [-0.1, -0.05) is 127 Å². The maximum absolute atomic E-state index is 5.20. The van der Waals surface area contributed by atoms with Gasteiger partial charge in [0.05, 0.1) is 11.4 Å². The van der Waals surface area contributed by atoms with Crippen molar-refractivity contribution in [2.45, 2.75) is 0 Å². The average Bonchev–Trinajstić information content (AvgIpc) is 3.11. The first-order chi connectivity index (χ1) is 21.8. The SMILES string of the molecule is c1ccc(-c2cc(-c3ccc(-c4ccccc4)c4ccccc34)nc(-c3ccc4cc(-c5cccnc5)ccc4c3)n2)cc1. The van der Waals surface area contributed by atoms with E-state index in [-0.39, 0.29) is 0 Å². The Balaban J connectivity index is 1.29. The van der Waals surface area contributed by atoms with Gasteiger partial charge in [-0.25, -0.2) is 9.97 Å². The molecule has 0 aliphatic carbocycles. The van der Waals surface area contributed by atoms with Gasteiger partial charge < -0.3 is 0 Å². The number of nitrogens with zero attached hydrogens (tertiary/aromatic N) is 3. The fraction of sp³-hybridized carbons (Fsp3) is 0. The number of rotatable bonds is 5. The second-order valence-electron chi connectivity index (χ2n) is 10.9. The van der Waals surface area contributed by atoms with Gasteiger partial charge in [-0.2, -0.15) is 0 Å². The predicted molar refractivity (Wildman–Crippen MR) is 182 cm³/mol. The fourth-order valence-corrected chi connectivity index (χ4v) is 5.96. The van der Waals surface area contributed by atoms with Crippen LogP contribution in [0.15, 0.2) is 164 Å². The molecular formula is C41H27N3. The molecule has 0 saturated carbocycles. The van der Waals surface area contributed by atoms with Crippen molar-refractivity contribution in [2.24, 2.45) is 0 Å². The summed E-state index contributed by atoms with van der Waals surface area (Å²) < 4.78 is 0. The monoisotopic (exact) mass is 561 g/mol. The van der Waals surface area contributed by atoms with Crippen LogP contribution in [0.1, 0.15) is 0 Å². The van der Waals surface area contributed by atoms with Crippen LogP contribution in [-0.2, 0) is 0 Å². The molecule has 8 rings (SSSR count). The van der Waals surface area contributed by atoms with E-state index in [1.165, 1.54) is 21.9 Å². The van der Waals surface area contributed by atoms with Gasteiger partial charge in [-0.3, -0.25) is 4.98 Å². The normalized spacial score (nSPS) is 11.2. The van der Waals surface area contributed by atoms with Gasteiger partial charge in [-0.15, -0.1) is 0 Å². The third-order valence-electron chi connectivity index (χ3n) is 8.17. The van der Waals surface area contributed by atoms with E-state index in [9.17, 15) is 0 Å². The molecule has 0 saturated heterocycles. The molecule has 0 aliphatic rings.